The van der Waals surface area contributed by atoms with Crippen molar-refractivity contribution in [2.24, 2.45) is 11.8 Å². The first-order chi connectivity index (χ1) is 6.18. The van der Waals surface area contributed by atoms with Crippen LogP contribution in [0.1, 0.15) is 19.8 Å². The van der Waals surface area contributed by atoms with Gasteiger partial charge in [-0.05, 0) is 18.9 Å². The maximum atomic E-state index is 11.3. The fourth-order valence-corrected chi connectivity index (χ4v) is 2.26. The number of rotatable bonds is 1. The maximum absolute atomic E-state index is 11.3. The third-order valence-electron chi connectivity index (χ3n) is 2.82. The molecule has 0 N–H and O–H groups in total. The minimum atomic E-state index is -0.251. The van der Waals surface area contributed by atoms with E-state index in [0.717, 1.165) is 12.8 Å². The van der Waals surface area contributed by atoms with Gasteiger partial charge < -0.3 is 4.74 Å². The van der Waals surface area contributed by atoms with E-state index in [1.807, 2.05) is 6.08 Å². The number of allylic oxidation sites excluding steroid dienone is 1. The van der Waals surface area contributed by atoms with E-state index in [4.69, 9.17) is 4.74 Å². The van der Waals surface area contributed by atoms with Crippen molar-refractivity contribution >= 4 is 11.8 Å². The van der Waals surface area contributed by atoms with Crippen molar-refractivity contribution in [1.29, 1.82) is 0 Å². The van der Waals surface area contributed by atoms with E-state index < -0.39 is 0 Å². The van der Waals surface area contributed by atoms with E-state index in [-0.39, 0.29) is 29.7 Å². The van der Waals surface area contributed by atoms with Crippen LogP contribution in [-0.4, -0.2) is 17.9 Å². The molecule has 3 atom stereocenters. The second-order valence-corrected chi connectivity index (χ2v) is 3.67. The zero-order valence-corrected chi connectivity index (χ0v) is 7.53. The summed E-state index contributed by atoms with van der Waals surface area (Å²) in [5.41, 5.74) is 0. The lowest BCUT2D eigenvalue weighted by molar-refractivity contribution is -0.147. The minimum absolute atomic E-state index is 0.0646. The summed E-state index contributed by atoms with van der Waals surface area (Å²) in [5, 5.41) is 0. The van der Waals surface area contributed by atoms with Crippen LogP contribution in [0, 0.1) is 11.8 Å². The third kappa shape index (κ3) is 1.39. The first-order valence-electron chi connectivity index (χ1n) is 4.58. The number of fused-ring (bicyclic) bond motifs is 1. The van der Waals surface area contributed by atoms with Gasteiger partial charge in [0.15, 0.2) is 5.78 Å². The molecule has 70 valence electrons. The molecule has 1 fully saturated rings. The number of esters is 1. The van der Waals surface area contributed by atoms with E-state index in [1.54, 1.807) is 6.08 Å². The fourth-order valence-electron chi connectivity index (χ4n) is 2.26. The number of ether oxygens (including phenoxy) is 1. The molecule has 3 nitrogen and oxygen atoms in total. The largest absolute Gasteiger partial charge is 0.462 e. The van der Waals surface area contributed by atoms with Crippen LogP contribution in [-0.2, 0) is 14.3 Å². The Labute approximate surface area is 76.8 Å². The summed E-state index contributed by atoms with van der Waals surface area (Å²) < 4.78 is 5.13. The predicted molar refractivity (Wildman–Crippen MR) is 45.9 cm³/mol. The second-order valence-electron chi connectivity index (χ2n) is 3.67. The van der Waals surface area contributed by atoms with Crippen LogP contribution in [0.2, 0.25) is 0 Å². The Bertz CT molecular complexity index is 280. The Morgan fingerprint density at radius 1 is 1.54 bits per heavy atom. The first-order valence-corrected chi connectivity index (χ1v) is 4.58. The van der Waals surface area contributed by atoms with E-state index in [0.29, 0.717) is 0 Å². The Hall–Kier alpha value is -1.12. The molecule has 13 heavy (non-hydrogen) atoms. The number of hydrogen-bond acceptors (Lipinski definition) is 3. The zero-order chi connectivity index (χ0) is 9.42. The third-order valence-corrected chi connectivity index (χ3v) is 2.82. The van der Waals surface area contributed by atoms with Gasteiger partial charge in [-0.2, -0.15) is 0 Å². The molecule has 3 heteroatoms. The highest BCUT2D eigenvalue weighted by molar-refractivity contribution is 5.95. The maximum Gasteiger partial charge on any atom is 0.302 e. The van der Waals surface area contributed by atoms with Crippen molar-refractivity contribution in [2.45, 2.75) is 25.9 Å². The molecule has 0 aromatic carbocycles. The molecule has 2 aliphatic carbocycles. The molecule has 0 spiro atoms. The van der Waals surface area contributed by atoms with Crippen molar-refractivity contribution in [3.05, 3.63) is 12.2 Å². The lowest BCUT2D eigenvalue weighted by atomic mass is 9.98. The smallest absolute Gasteiger partial charge is 0.302 e. The highest BCUT2D eigenvalue weighted by atomic mass is 16.5. The summed E-state index contributed by atoms with van der Waals surface area (Å²) in [4.78, 5) is 22.0. The fraction of sp³-hybridized carbons (Fsp3) is 0.600. The first kappa shape index (κ1) is 8.48. The summed E-state index contributed by atoms with van der Waals surface area (Å²) >= 11 is 0. The van der Waals surface area contributed by atoms with E-state index in [9.17, 15) is 9.59 Å². The summed E-state index contributed by atoms with van der Waals surface area (Å²) in [7, 11) is 0. The minimum Gasteiger partial charge on any atom is -0.462 e. The molecule has 0 aromatic rings. The van der Waals surface area contributed by atoms with Crippen molar-refractivity contribution in [1.82, 2.24) is 0 Å². The monoisotopic (exact) mass is 180 g/mol. The zero-order valence-electron chi connectivity index (χ0n) is 7.53. The second kappa shape index (κ2) is 2.98. The summed E-state index contributed by atoms with van der Waals surface area (Å²) in [6, 6.07) is 0. The number of hydrogen-bond donors (Lipinski definition) is 0. The number of carbonyl (C=O) groups is 2. The van der Waals surface area contributed by atoms with Gasteiger partial charge in [-0.15, -0.1) is 0 Å². The number of carbonyl (C=O) groups excluding carboxylic acids is 2. The van der Waals surface area contributed by atoms with Gasteiger partial charge in [-0.25, -0.2) is 0 Å². The van der Waals surface area contributed by atoms with Gasteiger partial charge in [-0.3, -0.25) is 9.59 Å². The summed E-state index contributed by atoms with van der Waals surface area (Å²) in [6.45, 7) is 1.41. The Balaban J connectivity index is 2.06. The standard InChI is InChI=1S/C10H12O3/c1-6(11)13-10-5-3-7-8(10)2-4-9(7)12/h2,4,7-8,10H,3,5H2,1H3/t7-,8-,10+/m0/s1. The van der Waals surface area contributed by atoms with Crippen molar-refractivity contribution in [3.63, 3.8) is 0 Å². The summed E-state index contributed by atoms with van der Waals surface area (Å²) in [6.07, 6.45) is 5.11. The molecular weight excluding hydrogens is 168 g/mol. The molecular formula is C10H12O3. The van der Waals surface area contributed by atoms with Gasteiger partial charge in [0.2, 0.25) is 0 Å². The molecule has 0 heterocycles. The van der Waals surface area contributed by atoms with Crippen LogP contribution < -0.4 is 0 Å². The van der Waals surface area contributed by atoms with Crippen molar-refractivity contribution in [3.8, 4) is 0 Å². The van der Waals surface area contributed by atoms with Crippen LogP contribution in [0.15, 0.2) is 12.2 Å². The van der Waals surface area contributed by atoms with Gasteiger partial charge in [0.05, 0.1) is 0 Å². The van der Waals surface area contributed by atoms with E-state index in [2.05, 4.69) is 0 Å². The van der Waals surface area contributed by atoms with Crippen molar-refractivity contribution in [2.75, 3.05) is 0 Å². The lowest BCUT2D eigenvalue weighted by Crippen LogP contribution is -2.22. The topological polar surface area (TPSA) is 43.4 Å². The summed E-state index contributed by atoms with van der Waals surface area (Å²) in [5.74, 6) is 0.179. The van der Waals surface area contributed by atoms with Crippen LogP contribution in [0.3, 0.4) is 0 Å². The quantitative estimate of drug-likeness (QED) is 0.567. The molecule has 0 radical (unpaired) electrons. The molecule has 1 saturated carbocycles. The van der Waals surface area contributed by atoms with Gasteiger partial charge in [0.1, 0.15) is 6.10 Å². The Kier molecular flexibility index (Phi) is 1.94. The lowest BCUT2D eigenvalue weighted by Gasteiger charge is -2.16. The molecule has 0 amide bonds. The Morgan fingerprint density at radius 2 is 2.31 bits per heavy atom. The van der Waals surface area contributed by atoms with Crippen molar-refractivity contribution < 1.29 is 14.3 Å². The molecule has 0 unspecified atom stereocenters. The molecule has 0 bridgehead atoms. The van der Waals surface area contributed by atoms with Gasteiger partial charge >= 0.3 is 5.97 Å². The van der Waals surface area contributed by atoms with Crippen LogP contribution in [0.4, 0.5) is 0 Å². The van der Waals surface area contributed by atoms with Gasteiger partial charge in [0.25, 0.3) is 0 Å². The molecule has 0 aromatic heterocycles. The normalized spacial score (nSPS) is 36.4. The van der Waals surface area contributed by atoms with Crippen LogP contribution in [0.5, 0.6) is 0 Å². The molecule has 2 rings (SSSR count). The molecule has 0 aliphatic heterocycles. The predicted octanol–water partition coefficient (Wildman–Crippen LogP) is 1.08. The van der Waals surface area contributed by atoms with Crippen LogP contribution in [0.25, 0.3) is 0 Å². The average molecular weight is 180 g/mol. The SMILES string of the molecule is CC(=O)O[C@@H]1CC[C@@H]2C(=O)C=C[C@@H]21. The number of ketones is 1. The van der Waals surface area contributed by atoms with E-state index >= 15 is 0 Å². The average Bonchev–Trinajstić information content (AvgIpc) is 2.56. The highest BCUT2D eigenvalue weighted by Gasteiger charge is 2.42. The van der Waals surface area contributed by atoms with Gasteiger partial charge in [-0.1, -0.05) is 6.08 Å². The van der Waals surface area contributed by atoms with E-state index in [1.165, 1.54) is 6.92 Å². The Morgan fingerprint density at radius 3 is 3.00 bits per heavy atom. The van der Waals surface area contributed by atoms with Crippen LogP contribution >= 0.6 is 0 Å². The van der Waals surface area contributed by atoms with Gasteiger partial charge in [0, 0.05) is 18.8 Å². The highest BCUT2D eigenvalue weighted by Crippen LogP contribution is 2.39. The molecule has 2 aliphatic rings. The molecule has 0 saturated heterocycles.